The van der Waals surface area contributed by atoms with Gasteiger partial charge in [0.15, 0.2) is 0 Å². The van der Waals surface area contributed by atoms with Crippen molar-refractivity contribution >= 4 is 6.40 Å². The molecule has 0 fully saturated rings. The van der Waals surface area contributed by atoms with Crippen LogP contribution in [0.1, 0.15) is 6.92 Å². The molecule has 0 aliphatic carbocycles. The first kappa shape index (κ1) is 9.90. The summed E-state index contributed by atoms with van der Waals surface area (Å²) in [4.78, 5) is 3.39. The second-order valence-corrected chi connectivity index (χ2v) is 1.55. The van der Waals surface area contributed by atoms with Gasteiger partial charge in [0.05, 0.1) is 23.5 Å². The van der Waals surface area contributed by atoms with E-state index in [1.807, 2.05) is 0 Å². The molecular formula is C7H7N4O+. The normalized spacial score (nSPS) is 8.75. The van der Waals surface area contributed by atoms with Crippen molar-refractivity contribution in [2.75, 3.05) is 6.61 Å². The van der Waals surface area contributed by atoms with Crippen molar-refractivity contribution in [2.45, 2.75) is 6.92 Å². The number of nitriles is 2. The zero-order valence-electron chi connectivity index (χ0n) is 6.56. The number of hydrogen-bond donors (Lipinski definition) is 0. The Morgan fingerprint density at radius 3 is 2.92 bits per heavy atom. The lowest BCUT2D eigenvalue weighted by atomic mass is 10.5. The van der Waals surface area contributed by atoms with Gasteiger partial charge in [-0.3, -0.25) is 0 Å². The van der Waals surface area contributed by atoms with Crippen molar-refractivity contribution in [3.8, 4) is 12.1 Å². The molecule has 0 aromatic carbocycles. The van der Waals surface area contributed by atoms with E-state index >= 15 is 0 Å². The highest BCUT2D eigenvalue weighted by atomic mass is 16.5. The van der Waals surface area contributed by atoms with Crippen LogP contribution in [0.5, 0.6) is 0 Å². The molecule has 60 valence electrons. The average Bonchev–Trinajstić information content (AvgIpc) is 2.10. The lowest BCUT2D eigenvalue weighted by molar-refractivity contribution is -0.0962. The van der Waals surface area contributed by atoms with Crippen LogP contribution in [0.15, 0.2) is 16.9 Å². The lowest BCUT2D eigenvalue weighted by Crippen LogP contribution is -1.85. The first-order valence-electron chi connectivity index (χ1n) is 3.19. The van der Waals surface area contributed by atoms with Gasteiger partial charge in [0.1, 0.15) is 11.2 Å². The van der Waals surface area contributed by atoms with E-state index in [1.54, 1.807) is 19.1 Å². The fourth-order valence-corrected chi connectivity index (χ4v) is 0.338. The van der Waals surface area contributed by atoms with Gasteiger partial charge in [-0.1, -0.05) is 0 Å². The average molecular weight is 163 g/mol. The summed E-state index contributed by atoms with van der Waals surface area (Å²) in [7, 11) is 0. The van der Waals surface area contributed by atoms with Gasteiger partial charge in [-0.25, -0.2) is 0 Å². The van der Waals surface area contributed by atoms with Crippen LogP contribution in [0.4, 0.5) is 0 Å². The molecule has 0 aromatic rings. The quantitative estimate of drug-likeness (QED) is 0.201. The van der Waals surface area contributed by atoms with Gasteiger partial charge >= 0.3 is 6.40 Å². The summed E-state index contributed by atoms with van der Waals surface area (Å²) in [5.41, 5.74) is -0.0477. The Hall–Kier alpha value is -2.10. The summed E-state index contributed by atoms with van der Waals surface area (Å²) in [6.07, 6.45) is 2.12. The van der Waals surface area contributed by atoms with Crippen molar-refractivity contribution in [1.29, 1.82) is 10.5 Å². The van der Waals surface area contributed by atoms with Crippen LogP contribution >= 0.6 is 0 Å². The minimum Gasteiger partial charge on any atom is -0.435 e. The Labute approximate surface area is 69.9 Å². The van der Waals surface area contributed by atoms with Gasteiger partial charge < -0.3 is 4.74 Å². The molecule has 0 saturated carbocycles. The van der Waals surface area contributed by atoms with Gasteiger partial charge in [-0.05, 0) is 6.92 Å². The molecule has 5 heteroatoms. The molecule has 0 amide bonds. The van der Waals surface area contributed by atoms with Crippen molar-refractivity contribution < 1.29 is 9.53 Å². The Morgan fingerprint density at radius 2 is 2.42 bits per heavy atom. The van der Waals surface area contributed by atoms with E-state index in [-0.39, 0.29) is 5.70 Å². The third kappa shape index (κ3) is 4.75. The Balaban J connectivity index is 4.25. The van der Waals surface area contributed by atoms with Crippen molar-refractivity contribution in [2.24, 2.45) is 5.11 Å². The van der Waals surface area contributed by atoms with Crippen LogP contribution in [0.25, 0.3) is 0 Å². The summed E-state index contributed by atoms with van der Waals surface area (Å²) in [6, 6.07) is 3.35. The van der Waals surface area contributed by atoms with Crippen molar-refractivity contribution in [1.82, 2.24) is 0 Å². The Morgan fingerprint density at radius 1 is 1.67 bits per heavy atom. The fourth-order valence-electron chi connectivity index (χ4n) is 0.338. The number of ether oxygens (including phenoxy) is 1. The maximum Gasteiger partial charge on any atom is 0.489 e. The third-order valence-electron chi connectivity index (χ3n) is 0.770. The third-order valence-corrected chi connectivity index (χ3v) is 0.770. The van der Waals surface area contributed by atoms with Gasteiger partial charge in [0.25, 0.3) is 0 Å². The standard InChI is InChI=1S/C7H7N4O/c1-2-12-6-10-11-7(5-9)3-4-8/h3,6H,2H2,1H3/q+1/b7-3+. The summed E-state index contributed by atoms with van der Waals surface area (Å²) >= 11 is 0. The summed E-state index contributed by atoms with van der Waals surface area (Å²) in [5, 5.41) is 19.9. The van der Waals surface area contributed by atoms with Crippen molar-refractivity contribution in [3.63, 3.8) is 0 Å². The molecule has 0 heterocycles. The van der Waals surface area contributed by atoms with Gasteiger partial charge in [-0.15, -0.1) is 0 Å². The Kier molecular flexibility index (Phi) is 5.79. The smallest absolute Gasteiger partial charge is 0.435 e. The van der Waals surface area contributed by atoms with Gasteiger partial charge in [0, 0.05) is 0 Å². The zero-order chi connectivity index (χ0) is 9.23. The second kappa shape index (κ2) is 7.01. The molecule has 5 nitrogen and oxygen atoms in total. The van der Waals surface area contributed by atoms with Crippen LogP contribution in [0.3, 0.4) is 0 Å². The molecule has 0 atom stereocenters. The molecular weight excluding hydrogens is 156 g/mol. The molecule has 12 heavy (non-hydrogen) atoms. The summed E-state index contributed by atoms with van der Waals surface area (Å²) < 4.78 is 4.70. The molecule has 0 unspecified atom stereocenters. The largest absolute Gasteiger partial charge is 0.489 e. The monoisotopic (exact) mass is 163 g/mol. The number of allylic oxidation sites excluding steroid dienone is 2. The van der Waals surface area contributed by atoms with E-state index in [0.717, 1.165) is 12.5 Å². The topological polar surface area (TPSA) is 83.3 Å². The van der Waals surface area contributed by atoms with Crippen LogP contribution in [-0.4, -0.2) is 17.8 Å². The SMILES string of the molecule is CCOC=[N+]=N/C(C#N)=C/C#N. The van der Waals surface area contributed by atoms with E-state index in [1.165, 1.54) is 0 Å². The van der Waals surface area contributed by atoms with E-state index < -0.39 is 0 Å². The molecule has 0 rings (SSSR count). The minimum atomic E-state index is -0.0477. The van der Waals surface area contributed by atoms with E-state index in [4.69, 9.17) is 15.3 Å². The number of hydrogen-bond acceptors (Lipinski definition) is 4. The second-order valence-electron chi connectivity index (χ2n) is 1.55. The van der Waals surface area contributed by atoms with E-state index in [9.17, 15) is 0 Å². The maximum atomic E-state index is 8.34. The summed E-state index contributed by atoms with van der Waals surface area (Å²) in [5.74, 6) is 0. The zero-order valence-corrected chi connectivity index (χ0v) is 6.56. The van der Waals surface area contributed by atoms with E-state index in [0.29, 0.717) is 6.61 Å². The van der Waals surface area contributed by atoms with Crippen LogP contribution < -0.4 is 0 Å². The fraction of sp³-hybridized carbons (Fsp3) is 0.286. The van der Waals surface area contributed by atoms with E-state index in [2.05, 4.69) is 9.90 Å². The van der Waals surface area contributed by atoms with Crippen molar-refractivity contribution in [3.05, 3.63) is 11.8 Å². The predicted molar refractivity (Wildman–Crippen MR) is 39.7 cm³/mol. The maximum absolute atomic E-state index is 8.34. The lowest BCUT2D eigenvalue weighted by Gasteiger charge is -1.76. The van der Waals surface area contributed by atoms with Crippen LogP contribution in [0.2, 0.25) is 0 Å². The molecule has 0 bridgehead atoms. The highest BCUT2D eigenvalue weighted by molar-refractivity contribution is 5.37. The minimum absolute atomic E-state index is 0.0477. The highest BCUT2D eigenvalue weighted by Crippen LogP contribution is 1.89. The van der Waals surface area contributed by atoms with Gasteiger partial charge in [-0.2, -0.15) is 10.5 Å². The van der Waals surface area contributed by atoms with Crippen LogP contribution in [0, 0.1) is 22.7 Å². The van der Waals surface area contributed by atoms with Crippen LogP contribution in [-0.2, 0) is 4.74 Å². The van der Waals surface area contributed by atoms with Gasteiger partial charge in [0.2, 0.25) is 5.70 Å². The first-order chi connectivity index (χ1) is 5.85. The molecule has 0 aromatic heterocycles. The molecule has 0 aliphatic rings. The molecule has 0 N–H and O–H groups in total. The number of rotatable bonds is 3. The first-order valence-corrected chi connectivity index (χ1v) is 3.19. The highest BCUT2D eigenvalue weighted by Gasteiger charge is 1.95. The Bertz CT molecular complexity index is 298. The molecule has 0 spiro atoms. The summed E-state index contributed by atoms with van der Waals surface area (Å²) in [6.45, 7) is 2.28. The molecule has 0 aliphatic heterocycles. The predicted octanol–water partition coefficient (Wildman–Crippen LogP) is 0.643. The number of nitrogens with zero attached hydrogens (tertiary/aromatic N) is 4. The molecule has 0 radical (unpaired) electrons. The molecule has 0 saturated heterocycles.